The normalized spacial score (nSPS) is 17.1. The average molecular weight is 389 g/mol. The molecule has 1 aliphatic heterocycles. The molecule has 0 spiro atoms. The van der Waals surface area contributed by atoms with E-state index in [0.29, 0.717) is 16.8 Å². The number of aryl methyl sites for hydroxylation is 1. The molecule has 0 amide bonds. The Bertz CT molecular complexity index is 1060. The maximum Gasteiger partial charge on any atom is 0.273 e. The van der Waals surface area contributed by atoms with Crippen molar-refractivity contribution < 1.29 is 4.92 Å². The smallest absolute Gasteiger partial charge is 0.273 e. The first kappa shape index (κ1) is 21.4. The zero-order valence-corrected chi connectivity index (χ0v) is 16.6. The number of nitro benzene ring substituents is 1. The van der Waals surface area contributed by atoms with Crippen molar-refractivity contribution >= 4 is 17.2 Å². The summed E-state index contributed by atoms with van der Waals surface area (Å²) in [7, 11) is 0. The zero-order valence-electron chi connectivity index (χ0n) is 16.6. The van der Waals surface area contributed by atoms with Crippen LogP contribution in [0.4, 0.5) is 5.69 Å². The van der Waals surface area contributed by atoms with Gasteiger partial charge in [-0.1, -0.05) is 56.3 Å². The molecule has 0 aromatic heterocycles. The Morgan fingerprint density at radius 3 is 2.38 bits per heavy atom. The Labute approximate surface area is 169 Å². The van der Waals surface area contributed by atoms with E-state index in [1.807, 2.05) is 45.0 Å². The van der Waals surface area contributed by atoms with Crippen LogP contribution in [0.5, 0.6) is 0 Å². The molecule has 0 radical (unpaired) electrons. The lowest BCUT2D eigenvalue weighted by Crippen LogP contribution is -2.27. The van der Waals surface area contributed by atoms with Crippen LogP contribution in [0.15, 0.2) is 70.9 Å². The quantitative estimate of drug-likeness (QED) is 0.601. The summed E-state index contributed by atoms with van der Waals surface area (Å²) in [6.07, 6.45) is 1.26. The van der Waals surface area contributed by atoms with Gasteiger partial charge in [-0.3, -0.25) is 10.1 Å². The topological polar surface area (TPSA) is 131 Å². The molecule has 0 aliphatic carbocycles. The van der Waals surface area contributed by atoms with Crippen LogP contribution in [0.2, 0.25) is 0 Å². The fourth-order valence-electron chi connectivity index (χ4n) is 3.25. The van der Waals surface area contributed by atoms with Crippen LogP contribution in [-0.2, 0) is 0 Å². The number of aliphatic imine (C=N–C) groups is 1. The minimum absolute atomic E-state index is 0.103. The number of benzene rings is 2. The van der Waals surface area contributed by atoms with Crippen molar-refractivity contribution in [2.75, 3.05) is 0 Å². The van der Waals surface area contributed by atoms with Crippen LogP contribution in [0, 0.1) is 28.4 Å². The summed E-state index contributed by atoms with van der Waals surface area (Å²) < 4.78 is 0. The van der Waals surface area contributed by atoms with E-state index >= 15 is 0 Å². The summed E-state index contributed by atoms with van der Waals surface area (Å²) in [4.78, 5) is 15.5. The number of hydrogen-bond acceptors (Lipinski definition) is 6. The molecule has 0 fully saturated rings. The van der Waals surface area contributed by atoms with Gasteiger partial charge in [-0.15, -0.1) is 0 Å². The zero-order chi connectivity index (χ0) is 21.6. The molecule has 7 heteroatoms. The Balaban J connectivity index is 0.00000145. The molecule has 0 bridgehead atoms. The minimum Gasteiger partial charge on any atom is -0.404 e. The number of amidine groups is 1. The molecule has 4 N–H and O–H groups in total. The van der Waals surface area contributed by atoms with E-state index in [0.717, 1.165) is 11.1 Å². The van der Waals surface area contributed by atoms with Gasteiger partial charge in [0.25, 0.3) is 5.69 Å². The Morgan fingerprint density at radius 2 is 1.79 bits per heavy atom. The molecule has 3 rings (SSSR count). The highest BCUT2D eigenvalue weighted by Gasteiger charge is 2.35. The number of allylic oxidation sites excluding steroid dienone is 1. The second kappa shape index (κ2) is 9.33. The van der Waals surface area contributed by atoms with Crippen molar-refractivity contribution in [1.82, 2.24) is 0 Å². The summed E-state index contributed by atoms with van der Waals surface area (Å²) in [6.45, 7) is 5.90. The highest BCUT2D eigenvalue weighted by Crippen LogP contribution is 2.43. The van der Waals surface area contributed by atoms with E-state index in [4.69, 9.17) is 11.5 Å². The Hall–Kier alpha value is -3.92. The van der Waals surface area contributed by atoms with E-state index in [2.05, 4.69) is 11.1 Å². The summed E-state index contributed by atoms with van der Waals surface area (Å²) in [6, 6.07) is 15.9. The Kier molecular flexibility index (Phi) is 6.88. The molecule has 2 aromatic rings. The van der Waals surface area contributed by atoms with E-state index in [-0.39, 0.29) is 17.1 Å². The van der Waals surface area contributed by atoms with Crippen LogP contribution in [-0.4, -0.2) is 10.8 Å². The van der Waals surface area contributed by atoms with Crippen LogP contribution < -0.4 is 11.5 Å². The van der Waals surface area contributed by atoms with Gasteiger partial charge < -0.3 is 11.5 Å². The maximum absolute atomic E-state index is 11.5. The molecule has 1 heterocycles. The fraction of sp³-hybridized carbons (Fsp3) is 0.182. The minimum atomic E-state index is -0.770. The van der Waals surface area contributed by atoms with Gasteiger partial charge in [0, 0.05) is 29.0 Å². The van der Waals surface area contributed by atoms with Gasteiger partial charge in [-0.05, 0) is 12.5 Å². The van der Waals surface area contributed by atoms with Gasteiger partial charge in [0.05, 0.1) is 28.2 Å². The molecular weight excluding hydrogens is 366 g/mol. The van der Waals surface area contributed by atoms with E-state index < -0.39 is 10.8 Å². The molecule has 1 aliphatic rings. The van der Waals surface area contributed by atoms with Crippen molar-refractivity contribution in [1.29, 1.82) is 5.26 Å². The standard InChI is InChI=1S/C20H17N5O2.C2H6/c1-12-6-2-3-7-13(12)19-15(10-21)18(16(11-22)20(23)24-19)14-8-4-5-9-17(14)25(26)27;1-2/h2-9,11,18H,22H2,1H3,(H2,23,24);1-2H3/b16-11-;. The fourth-order valence-corrected chi connectivity index (χ4v) is 3.25. The van der Waals surface area contributed by atoms with E-state index in [1.165, 1.54) is 12.3 Å². The van der Waals surface area contributed by atoms with Crippen LogP contribution >= 0.6 is 0 Å². The van der Waals surface area contributed by atoms with E-state index in [1.54, 1.807) is 18.2 Å². The summed E-state index contributed by atoms with van der Waals surface area (Å²) >= 11 is 0. The largest absolute Gasteiger partial charge is 0.404 e. The number of hydrogen-bond donors (Lipinski definition) is 2. The highest BCUT2D eigenvalue weighted by molar-refractivity contribution is 6.05. The van der Waals surface area contributed by atoms with Crippen molar-refractivity contribution in [3.05, 3.63) is 92.7 Å². The lowest BCUT2D eigenvalue weighted by molar-refractivity contribution is -0.385. The molecule has 2 aromatic carbocycles. The third-order valence-corrected chi connectivity index (χ3v) is 4.53. The van der Waals surface area contributed by atoms with Gasteiger partial charge in [-0.25, -0.2) is 4.99 Å². The predicted molar refractivity (Wildman–Crippen MR) is 115 cm³/mol. The average Bonchev–Trinajstić information content (AvgIpc) is 2.74. The lowest BCUT2D eigenvalue weighted by Gasteiger charge is -2.26. The predicted octanol–water partition coefficient (Wildman–Crippen LogP) is 4.16. The summed E-state index contributed by atoms with van der Waals surface area (Å²) in [5, 5.41) is 21.5. The van der Waals surface area contributed by atoms with Crippen molar-refractivity contribution in [2.45, 2.75) is 26.7 Å². The molecule has 7 nitrogen and oxygen atoms in total. The first-order valence-electron chi connectivity index (χ1n) is 9.19. The molecule has 148 valence electrons. The lowest BCUT2D eigenvalue weighted by atomic mass is 9.80. The molecule has 0 saturated carbocycles. The van der Waals surface area contributed by atoms with Gasteiger partial charge in [0.15, 0.2) is 0 Å². The molecular formula is C22H23N5O2. The number of nitro groups is 1. The third-order valence-electron chi connectivity index (χ3n) is 4.53. The van der Waals surface area contributed by atoms with Crippen LogP contribution in [0.3, 0.4) is 0 Å². The van der Waals surface area contributed by atoms with Gasteiger partial charge in [-0.2, -0.15) is 5.26 Å². The van der Waals surface area contributed by atoms with Gasteiger partial charge in [0.2, 0.25) is 0 Å². The monoisotopic (exact) mass is 389 g/mol. The molecule has 29 heavy (non-hydrogen) atoms. The number of rotatable bonds is 3. The second-order valence-electron chi connectivity index (χ2n) is 6.06. The maximum atomic E-state index is 11.5. The molecule has 0 saturated heterocycles. The first-order chi connectivity index (χ1) is 14.0. The SMILES string of the molecule is CC.Cc1ccccc1C1=C(C#N)C(c2ccccc2[N+](=O)[O-])/C(=C/N)C(N)=N1. The summed E-state index contributed by atoms with van der Waals surface area (Å²) in [5.41, 5.74) is 14.8. The summed E-state index contributed by atoms with van der Waals surface area (Å²) in [5.74, 6) is -0.633. The number of para-hydroxylation sites is 1. The highest BCUT2D eigenvalue weighted by atomic mass is 16.6. The number of nitriles is 1. The molecule has 1 atom stereocenters. The van der Waals surface area contributed by atoms with Crippen LogP contribution in [0.1, 0.15) is 36.5 Å². The van der Waals surface area contributed by atoms with Gasteiger partial charge >= 0.3 is 0 Å². The van der Waals surface area contributed by atoms with Crippen molar-refractivity contribution in [3.8, 4) is 6.07 Å². The first-order valence-corrected chi connectivity index (χ1v) is 9.19. The number of nitrogens with zero attached hydrogens (tertiary/aromatic N) is 3. The van der Waals surface area contributed by atoms with Crippen LogP contribution in [0.25, 0.3) is 5.70 Å². The Morgan fingerprint density at radius 1 is 1.17 bits per heavy atom. The van der Waals surface area contributed by atoms with Gasteiger partial charge in [0.1, 0.15) is 5.84 Å². The molecule has 1 unspecified atom stereocenters. The second-order valence-corrected chi connectivity index (χ2v) is 6.06. The third kappa shape index (κ3) is 4.01. The van der Waals surface area contributed by atoms with E-state index in [9.17, 15) is 15.4 Å². The van der Waals surface area contributed by atoms with Crippen molar-refractivity contribution in [3.63, 3.8) is 0 Å². The van der Waals surface area contributed by atoms with Crippen molar-refractivity contribution in [2.24, 2.45) is 16.5 Å². The number of nitrogens with two attached hydrogens (primary N) is 2.